The lowest BCUT2D eigenvalue weighted by atomic mass is 10.1. The van der Waals surface area contributed by atoms with Crippen LogP contribution in [-0.2, 0) is 4.79 Å². The Morgan fingerprint density at radius 2 is 1.88 bits per heavy atom. The number of nitrogens with zero attached hydrogens (tertiary/aromatic N) is 1. The van der Waals surface area contributed by atoms with Crippen LogP contribution < -0.4 is 5.32 Å². The van der Waals surface area contributed by atoms with Crippen LogP contribution in [0.1, 0.15) is 52.4 Å². The molecular weight excluding hydrogens is 200 g/mol. The molecule has 1 amide bonds. The molecule has 2 fully saturated rings. The van der Waals surface area contributed by atoms with E-state index in [2.05, 4.69) is 24.1 Å². The quantitative estimate of drug-likeness (QED) is 0.794. The highest BCUT2D eigenvalue weighted by Crippen LogP contribution is 2.22. The first kappa shape index (κ1) is 11.9. The van der Waals surface area contributed by atoms with Crippen LogP contribution in [0.5, 0.6) is 0 Å². The summed E-state index contributed by atoms with van der Waals surface area (Å²) in [4.78, 5) is 14.5. The Morgan fingerprint density at radius 3 is 2.50 bits per heavy atom. The van der Waals surface area contributed by atoms with E-state index in [-0.39, 0.29) is 11.9 Å². The van der Waals surface area contributed by atoms with E-state index in [9.17, 15) is 4.79 Å². The van der Waals surface area contributed by atoms with Crippen molar-refractivity contribution >= 4 is 5.91 Å². The van der Waals surface area contributed by atoms with Gasteiger partial charge < -0.3 is 5.32 Å². The Hall–Kier alpha value is -0.570. The second-order valence-corrected chi connectivity index (χ2v) is 5.48. The minimum Gasteiger partial charge on any atom is -0.352 e. The van der Waals surface area contributed by atoms with E-state index in [1.807, 2.05) is 0 Å². The summed E-state index contributed by atoms with van der Waals surface area (Å²) in [5, 5.41) is 3.23. The summed E-state index contributed by atoms with van der Waals surface area (Å²) in [5.41, 5.74) is 0. The van der Waals surface area contributed by atoms with Crippen molar-refractivity contribution in [3.05, 3.63) is 0 Å². The molecule has 0 aromatic carbocycles. The van der Waals surface area contributed by atoms with Crippen LogP contribution in [0, 0.1) is 0 Å². The summed E-state index contributed by atoms with van der Waals surface area (Å²) >= 11 is 0. The standard InChI is InChI=1S/C13H24N2O/c1-10(2)15-9-5-8-12(15)13(16)14-11-6-3-4-7-11/h10-12H,3-9H2,1-2H3,(H,14,16). The van der Waals surface area contributed by atoms with Crippen LogP contribution in [-0.4, -0.2) is 35.5 Å². The van der Waals surface area contributed by atoms with E-state index in [0.717, 1.165) is 13.0 Å². The second-order valence-electron chi connectivity index (χ2n) is 5.48. The van der Waals surface area contributed by atoms with Gasteiger partial charge in [0.15, 0.2) is 0 Å². The molecule has 16 heavy (non-hydrogen) atoms. The molecule has 1 aliphatic carbocycles. The van der Waals surface area contributed by atoms with Crippen molar-refractivity contribution < 1.29 is 4.79 Å². The van der Waals surface area contributed by atoms with E-state index in [4.69, 9.17) is 0 Å². The van der Waals surface area contributed by atoms with Crippen LogP contribution in [0.25, 0.3) is 0 Å². The maximum Gasteiger partial charge on any atom is 0.237 e. The lowest BCUT2D eigenvalue weighted by Gasteiger charge is -2.28. The summed E-state index contributed by atoms with van der Waals surface area (Å²) in [5.74, 6) is 0.276. The molecule has 1 unspecified atom stereocenters. The van der Waals surface area contributed by atoms with Crippen LogP contribution in [0.2, 0.25) is 0 Å². The number of amides is 1. The van der Waals surface area contributed by atoms with Crippen molar-refractivity contribution in [3.8, 4) is 0 Å². The predicted molar refractivity (Wildman–Crippen MR) is 65.3 cm³/mol. The largest absolute Gasteiger partial charge is 0.352 e. The minimum atomic E-state index is 0.139. The number of hydrogen-bond acceptors (Lipinski definition) is 2. The van der Waals surface area contributed by atoms with Crippen LogP contribution >= 0.6 is 0 Å². The fraction of sp³-hybridized carbons (Fsp3) is 0.923. The fourth-order valence-electron chi connectivity index (χ4n) is 3.06. The number of hydrogen-bond donors (Lipinski definition) is 1. The lowest BCUT2D eigenvalue weighted by molar-refractivity contribution is -0.126. The number of carbonyl (C=O) groups excluding carboxylic acids is 1. The summed E-state index contributed by atoms with van der Waals surface area (Å²) < 4.78 is 0. The molecule has 1 saturated heterocycles. The molecule has 1 aliphatic heterocycles. The topological polar surface area (TPSA) is 32.3 Å². The molecule has 1 atom stereocenters. The normalized spacial score (nSPS) is 27.8. The highest BCUT2D eigenvalue weighted by Gasteiger charge is 2.33. The molecule has 0 spiro atoms. The number of carbonyl (C=O) groups is 1. The average molecular weight is 224 g/mol. The van der Waals surface area contributed by atoms with Crippen molar-refractivity contribution in [1.29, 1.82) is 0 Å². The van der Waals surface area contributed by atoms with Crippen LogP contribution in [0.15, 0.2) is 0 Å². The number of rotatable bonds is 3. The van der Waals surface area contributed by atoms with Crippen LogP contribution in [0.4, 0.5) is 0 Å². The van der Waals surface area contributed by atoms with Gasteiger partial charge in [0.2, 0.25) is 5.91 Å². The van der Waals surface area contributed by atoms with Gasteiger partial charge in [0.25, 0.3) is 0 Å². The van der Waals surface area contributed by atoms with Crippen LogP contribution in [0.3, 0.4) is 0 Å². The first-order valence-electron chi connectivity index (χ1n) is 6.74. The maximum absolute atomic E-state index is 12.2. The van der Waals surface area contributed by atoms with Gasteiger partial charge >= 0.3 is 0 Å². The first-order valence-corrected chi connectivity index (χ1v) is 6.74. The van der Waals surface area contributed by atoms with Crippen molar-refractivity contribution in [2.24, 2.45) is 0 Å². The summed E-state index contributed by atoms with van der Waals surface area (Å²) in [6, 6.07) is 1.09. The minimum absolute atomic E-state index is 0.139. The highest BCUT2D eigenvalue weighted by atomic mass is 16.2. The molecule has 2 rings (SSSR count). The van der Waals surface area contributed by atoms with Crippen molar-refractivity contribution in [1.82, 2.24) is 10.2 Å². The van der Waals surface area contributed by atoms with Gasteiger partial charge in [-0.15, -0.1) is 0 Å². The summed E-state index contributed by atoms with van der Waals surface area (Å²) in [7, 11) is 0. The molecule has 2 aliphatic rings. The zero-order valence-electron chi connectivity index (χ0n) is 10.5. The molecule has 3 heteroatoms. The Morgan fingerprint density at radius 1 is 1.19 bits per heavy atom. The Labute approximate surface area is 98.6 Å². The molecule has 0 radical (unpaired) electrons. The SMILES string of the molecule is CC(C)N1CCCC1C(=O)NC1CCCC1. The smallest absolute Gasteiger partial charge is 0.237 e. The number of likely N-dealkylation sites (tertiary alicyclic amines) is 1. The van der Waals surface area contributed by atoms with Gasteiger partial charge in [-0.1, -0.05) is 12.8 Å². The number of nitrogens with one attached hydrogen (secondary N) is 1. The summed E-state index contributed by atoms with van der Waals surface area (Å²) in [6.45, 7) is 5.45. The van der Waals surface area contributed by atoms with E-state index < -0.39 is 0 Å². The molecular formula is C13H24N2O. The average Bonchev–Trinajstić information content (AvgIpc) is 2.86. The van der Waals surface area contributed by atoms with E-state index in [1.54, 1.807) is 0 Å². The Kier molecular flexibility index (Phi) is 3.85. The van der Waals surface area contributed by atoms with Gasteiger partial charge in [0.05, 0.1) is 6.04 Å². The third-order valence-corrected chi connectivity index (χ3v) is 3.96. The molecule has 3 nitrogen and oxygen atoms in total. The predicted octanol–water partition coefficient (Wildman–Crippen LogP) is 1.92. The van der Waals surface area contributed by atoms with E-state index >= 15 is 0 Å². The monoisotopic (exact) mass is 224 g/mol. The zero-order chi connectivity index (χ0) is 11.5. The molecule has 0 aromatic heterocycles. The van der Waals surface area contributed by atoms with Crippen molar-refractivity contribution in [2.75, 3.05) is 6.54 Å². The molecule has 1 N–H and O–H groups in total. The third-order valence-electron chi connectivity index (χ3n) is 3.96. The van der Waals surface area contributed by atoms with Crippen molar-refractivity contribution in [2.45, 2.75) is 70.5 Å². The van der Waals surface area contributed by atoms with Crippen molar-refractivity contribution in [3.63, 3.8) is 0 Å². The first-order chi connectivity index (χ1) is 7.68. The molecule has 0 bridgehead atoms. The lowest BCUT2D eigenvalue weighted by Crippen LogP contribution is -2.48. The summed E-state index contributed by atoms with van der Waals surface area (Å²) in [6.07, 6.45) is 7.13. The van der Waals surface area contributed by atoms with E-state index in [1.165, 1.54) is 32.1 Å². The van der Waals surface area contributed by atoms with Gasteiger partial charge in [0, 0.05) is 12.1 Å². The zero-order valence-corrected chi connectivity index (χ0v) is 10.5. The van der Waals surface area contributed by atoms with Gasteiger partial charge in [-0.2, -0.15) is 0 Å². The Balaban J connectivity index is 1.87. The molecule has 0 aromatic rings. The van der Waals surface area contributed by atoms with E-state index in [0.29, 0.717) is 12.1 Å². The Bertz CT molecular complexity index is 246. The molecule has 92 valence electrons. The third kappa shape index (κ3) is 2.57. The molecule has 1 saturated carbocycles. The maximum atomic E-state index is 12.2. The van der Waals surface area contributed by atoms with Gasteiger partial charge in [-0.05, 0) is 46.1 Å². The van der Waals surface area contributed by atoms with Gasteiger partial charge in [-0.25, -0.2) is 0 Å². The van der Waals surface area contributed by atoms with Gasteiger partial charge in [0.1, 0.15) is 0 Å². The molecule has 1 heterocycles. The second kappa shape index (κ2) is 5.17. The highest BCUT2D eigenvalue weighted by molar-refractivity contribution is 5.82. The fourth-order valence-corrected chi connectivity index (χ4v) is 3.06. The van der Waals surface area contributed by atoms with Gasteiger partial charge in [-0.3, -0.25) is 9.69 Å².